The van der Waals surface area contributed by atoms with Gasteiger partial charge in [-0.05, 0) is 36.8 Å². The van der Waals surface area contributed by atoms with Gasteiger partial charge in [0, 0.05) is 36.7 Å². The van der Waals surface area contributed by atoms with Crippen LogP contribution < -0.4 is 16.3 Å². The molecule has 0 spiro atoms. The van der Waals surface area contributed by atoms with Crippen LogP contribution in [0.4, 0.5) is 5.69 Å². The Kier molecular flexibility index (Phi) is 3.45. The number of hydrogen-bond acceptors (Lipinski definition) is 3. The molecule has 108 valence electrons. The minimum atomic E-state index is -0.190. The molecule has 0 saturated carbocycles. The van der Waals surface area contributed by atoms with Crippen LogP contribution in [-0.2, 0) is 4.79 Å². The number of carbonyl (C=O) groups excluding carboxylic acids is 1. The van der Waals surface area contributed by atoms with Gasteiger partial charge in [-0.2, -0.15) is 0 Å². The van der Waals surface area contributed by atoms with Crippen LogP contribution >= 0.6 is 0 Å². The van der Waals surface area contributed by atoms with E-state index >= 15 is 0 Å². The third-order valence-electron chi connectivity index (χ3n) is 3.60. The second-order valence-corrected chi connectivity index (χ2v) is 4.97. The largest absolute Gasteiger partial charge is 0.330 e. The van der Waals surface area contributed by atoms with Gasteiger partial charge in [0.15, 0.2) is 0 Å². The molecule has 3 N–H and O–H groups in total. The molecule has 6 heteroatoms. The van der Waals surface area contributed by atoms with E-state index in [9.17, 15) is 9.59 Å². The first kappa shape index (κ1) is 13.4. The molecule has 2 aromatic rings. The fourth-order valence-corrected chi connectivity index (χ4v) is 2.13. The van der Waals surface area contributed by atoms with Crippen molar-refractivity contribution in [2.75, 3.05) is 18.4 Å². The molecule has 1 aromatic heterocycles. The topological polar surface area (TPSA) is 78.9 Å². The van der Waals surface area contributed by atoms with Crippen LogP contribution in [0.2, 0.25) is 0 Å². The van der Waals surface area contributed by atoms with E-state index in [4.69, 9.17) is 0 Å². The molecule has 1 fully saturated rings. The molecule has 3 rings (SSSR count). The Morgan fingerprint density at radius 2 is 1.95 bits per heavy atom. The Morgan fingerprint density at radius 3 is 2.48 bits per heavy atom. The monoisotopic (exact) mass is 284 g/mol. The van der Waals surface area contributed by atoms with E-state index in [1.54, 1.807) is 36.7 Å². The zero-order valence-corrected chi connectivity index (χ0v) is 11.6. The van der Waals surface area contributed by atoms with Crippen LogP contribution in [0.15, 0.2) is 52.6 Å². The number of benzene rings is 1. The Bertz CT molecular complexity index is 746. The first-order valence-electron chi connectivity index (χ1n) is 6.72. The fraction of sp³-hybridized carbons (Fsp3) is 0.200. The van der Waals surface area contributed by atoms with Crippen LogP contribution in [0, 0.1) is 0 Å². The summed E-state index contributed by atoms with van der Waals surface area (Å²) in [6.45, 7) is 3.41. The number of anilines is 1. The van der Waals surface area contributed by atoms with Crippen LogP contribution in [0.3, 0.4) is 0 Å². The Morgan fingerprint density at radius 1 is 1.24 bits per heavy atom. The molecule has 0 aliphatic carbocycles. The van der Waals surface area contributed by atoms with Crippen molar-refractivity contribution >= 4 is 11.6 Å². The normalized spacial score (nSPS) is 13.7. The summed E-state index contributed by atoms with van der Waals surface area (Å²) >= 11 is 0. The first-order chi connectivity index (χ1) is 10.1. The van der Waals surface area contributed by atoms with Crippen LogP contribution in [0.1, 0.15) is 6.92 Å². The van der Waals surface area contributed by atoms with Crippen molar-refractivity contribution in [3.05, 3.63) is 58.3 Å². The van der Waals surface area contributed by atoms with Gasteiger partial charge >= 0.3 is 5.69 Å². The summed E-state index contributed by atoms with van der Waals surface area (Å²) in [7, 11) is 0. The number of rotatable bonds is 3. The average molecular weight is 284 g/mol. The number of aromatic amines is 1. The van der Waals surface area contributed by atoms with Gasteiger partial charge in [-0.1, -0.05) is 0 Å². The predicted octanol–water partition coefficient (Wildman–Crippen LogP) is 1.02. The Labute approximate surface area is 121 Å². The number of nitrogens with zero attached hydrogens (tertiary/aromatic N) is 1. The predicted molar refractivity (Wildman–Crippen MR) is 80.6 cm³/mol. The van der Waals surface area contributed by atoms with E-state index in [1.807, 2.05) is 6.92 Å². The molecule has 0 bridgehead atoms. The molecule has 21 heavy (non-hydrogen) atoms. The SMILES string of the molecule is CC(C(=O)Nc1ccc(-n2cc[nH]c2=O)cc1)=C1CNC1. The van der Waals surface area contributed by atoms with Crippen molar-refractivity contribution in [1.29, 1.82) is 0 Å². The molecule has 0 unspecified atom stereocenters. The highest BCUT2D eigenvalue weighted by Gasteiger charge is 2.15. The maximum atomic E-state index is 12.1. The molecule has 1 aromatic carbocycles. The number of amides is 1. The van der Waals surface area contributed by atoms with E-state index in [0.717, 1.165) is 29.9 Å². The Hall–Kier alpha value is -2.60. The van der Waals surface area contributed by atoms with Gasteiger partial charge in [-0.25, -0.2) is 4.79 Å². The number of imidazole rings is 1. The number of aromatic nitrogens is 2. The second kappa shape index (κ2) is 5.41. The van der Waals surface area contributed by atoms with Crippen molar-refractivity contribution < 1.29 is 4.79 Å². The van der Waals surface area contributed by atoms with Crippen LogP contribution in [-0.4, -0.2) is 28.5 Å². The molecular formula is C15H16N4O2. The van der Waals surface area contributed by atoms with Gasteiger partial charge in [0.2, 0.25) is 0 Å². The van der Waals surface area contributed by atoms with Crippen molar-refractivity contribution in [3.63, 3.8) is 0 Å². The molecule has 0 radical (unpaired) electrons. The quantitative estimate of drug-likeness (QED) is 0.736. The van der Waals surface area contributed by atoms with E-state index < -0.39 is 0 Å². The number of hydrogen-bond donors (Lipinski definition) is 3. The molecule has 1 aliphatic rings. The summed E-state index contributed by atoms with van der Waals surface area (Å²) < 4.78 is 1.50. The minimum Gasteiger partial charge on any atom is -0.322 e. The van der Waals surface area contributed by atoms with Crippen molar-refractivity contribution in [1.82, 2.24) is 14.9 Å². The maximum Gasteiger partial charge on any atom is 0.330 e. The second-order valence-electron chi connectivity index (χ2n) is 4.97. The molecule has 2 heterocycles. The van der Waals surface area contributed by atoms with Gasteiger partial charge in [-0.3, -0.25) is 9.36 Å². The third-order valence-corrected chi connectivity index (χ3v) is 3.60. The lowest BCUT2D eigenvalue weighted by molar-refractivity contribution is -0.112. The maximum absolute atomic E-state index is 12.1. The summed E-state index contributed by atoms with van der Waals surface area (Å²) in [5.41, 5.74) is 3.17. The summed E-state index contributed by atoms with van der Waals surface area (Å²) in [6.07, 6.45) is 3.24. The van der Waals surface area contributed by atoms with Crippen molar-refractivity contribution in [2.45, 2.75) is 6.92 Å². The van der Waals surface area contributed by atoms with Gasteiger partial charge in [0.05, 0.1) is 5.69 Å². The highest BCUT2D eigenvalue weighted by atomic mass is 16.2. The average Bonchev–Trinajstić information content (AvgIpc) is 2.84. The smallest absolute Gasteiger partial charge is 0.322 e. The zero-order chi connectivity index (χ0) is 14.8. The van der Waals surface area contributed by atoms with Gasteiger partial charge in [-0.15, -0.1) is 0 Å². The highest BCUT2D eigenvalue weighted by Crippen LogP contribution is 2.15. The summed E-state index contributed by atoms with van der Waals surface area (Å²) in [4.78, 5) is 26.1. The van der Waals surface area contributed by atoms with Crippen LogP contribution in [0.5, 0.6) is 0 Å². The highest BCUT2D eigenvalue weighted by molar-refractivity contribution is 6.04. The number of carbonyl (C=O) groups is 1. The summed E-state index contributed by atoms with van der Waals surface area (Å²) in [5.74, 6) is -0.0851. The fourth-order valence-electron chi connectivity index (χ4n) is 2.13. The molecule has 0 atom stereocenters. The molecular weight excluding hydrogens is 268 g/mol. The van der Waals surface area contributed by atoms with E-state index in [0.29, 0.717) is 5.69 Å². The van der Waals surface area contributed by atoms with Crippen LogP contribution in [0.25, 0.3) is 5.69 Å². The number of H-pyrrole nitrogens is 1. The van der Waals surface area contributed by atoms with E-state index in [-0.39, 0.29) is 11.6 Å². The molecule has 1 amide bonds. The lowest BCUT2D eigenvalue weighted by Gasteiger charge is -2.21. The number of nitrogens with one attached hydrogen (secondary N) is 3. The standard InChI is InChI=1S/C15H16N4O2/c1-10(11-8-16-9-11)14(20)18-12-2-4-13(5-3-12)19-7-6-17-15(19)21/h2-7,16H,8-9H2,1H3,(H,17,21)(H,18,20). The third kappa shape index (κ3) is 2.66. The van der Waals surface area contributed by atoms with Gasteiger partial charge in [0.25, 0.3) is 5.91 Å². The van der Waals surface area contributed by atoms with Gasteiger partial charge < -0.3 is 15.6 Å². The van der Waals surface area contributed by atoms with Gasteiger partial charge in [0.1, 0.15) is 0 Å². The summed E-state index contributed by atoms with van der Waals surface area (Å²) in [6, 6.07) is 7.14. The lowest BCUT2D eigenvalue weighted by atomic mass is 10.0. The van der Waals surface area contributed by atoms with E-state index in [2.05, 4.69) is 15.6 Å². The Balaban J connectivity index is 1.74. The molecule has 1 aliphatic heterocycles. The minimum absolute atomic E-state index is 0.0851. The molecule has 1 saturated heterocycles. The zero-order valence-electron chi connectivity index (χ0n) is 11.6. The van der Waals surface area contributed by atoms with Crippen molar-refractivity contribution in [2.24, 2.45) is 0 Å². The summed E-state index contributed by atoms with van der Waals surface area (Å²) in [5, 5.41) is 5.97. The van der Waals surface area contributed by atoms with Crippen molar-refractivity contribution in [3.8, 4) is 5.69 Å². The first-order valence-corrected chi connectivity index (χ1v) is 6.72. The lowest BCUT2D eigenvalue weighted by Crippen LogP contribution is -2.36. The molecule has 6 nitrogen and oxygen atoms in total. The van der Waals surface area contributed by atoms with E-state index in [1.165, 1.54) is 4.57 Å².